The Balaban J connectivity index is 1.87. The molecule has 6 nitrogen and oxygen atoms in total. The van der Waals surface area contributed by atoms with E-state index < -0.39 is 0 Å². The van der Waals surface area contributed by atoms with Gasteiger partial charge in [0.05, 0.1) is 19.8 Å². The third-order valence-electron chi connectivity index (χ3n) is 3.03. The maximum Gasteiger partial charge on any atom is 0.322 e. The van der Waals surface area contributed by atoms with Crippen LogP contribution in [-0.2, 0) is 0 Å². The second kappa shape index (κ2) is 5.50. The fourth-order valence-corrected chi connectivity index (χ4v) is 2.29. The van der Waals surface area contributed by atoms with Gasteiger partial charge >= 0.3 is 6.01 Å². The molecule has 104 valence electrons. The van der Waals surface area contributed by atoms with Gasteiger partial charge in [0.25, 0.3) is 0 Å². The quantitative estimate of drug-likeness (QED) is 0.937. The highest BCUT2D eigenvalue weighted by Gasteiger charge is 2.22. The molecule has 1 N–H and O–H groups in total. The van der Waals surface area contributed by atoms with Crippen molar-refractivity contribution in [3.63, 3.8) is 0 Å². The molecule has 0 bridgehead atoms. The summed E-state index contributed by atoms with van der Waals surface area (Å²) in [5.74, 6) is 1.27. The SMILES string of the molecule is COc1nc(Cl)nc(NC2CCOc3ccccc32)n1. The summed E-state index contributed by atoms with van der Waals surface area (Å²) in [4.78, 5) is 12.0. The van der Waals surface area contributed by atoms with Gasteiger partial charge < -0.3 is 14.8 Å². The maximum atomic E-state index is 5.84. The van der Waals surface area contributed by atoms with E-state index in [0.717, 1.165) is 17.7 Å². The molecule has 1 aliphatic heterocycles. The molecule has 2 heterocycles. The van der Waals surface area contributed by atoms with Gasteiger partial charge in [-0.1, -0.05) is 18.2 Å². The summed E-state index contributed by atoms with van der Waals surface area (Å²) >= 11 is 5.84. The van der Waals surface area contributed by atoms with Crippen molar-refractivity contribution in [3.05, 3.63) is 35.1 Å². The van der Waals surface area contributed by atoms with Gasteiger partial charge in [0, 0.05) is 12.0 Å². The lowest BCUT2D eigenvalue weighted by molar-refractivity contribution is 0.274. The number of aromatic nitrogens is 3. The molecule has 1 aliphatic rings. The highest BCUT2D eigenvalue weighted by molar-refractivity contribution is 6.28. The smallest absolute Gasteiger partial charge is 0.322 e. The number of ether oxygens (including phenoxy) is 2. The van der Waals surface area contributed by atoms with Crippen LogP contribution in [0.2, 0.25) is 5.28 Å². The van der Waals surface area contributed by atoms with Gasteiger partial charge in [-0.05, 0) is 17.7 Å². The van der Waals surface area contributed by atoms with Crippen LogP contribution in [-0.4, -0.2) is 28.7 Å². The van der Waals surface area contributed by atoms with Crippen LogP contribution in [0.15, 0.2) is 24.3 Å². The van der Waals surface area contributed by atoms with Gasteiger partial charge in [0.2, 0.25) is 11.2 Å². The molecule has 20 heavy (non-hydrogen) atoms. The van der Waals surface area contributed by atoms with E-state index in [1.165, 1.54) is 7.11 Å². The van der Waals surface area contributed by atoms with E-state index in [4.69, 9.17) is 21.1 Å². The minimum Gasteiger partial charge on any atom is -0.493 e. The number of rotatable bonds is 3. The largest absolute Gasteiger partial charge is 0.493 e. The van der Waals surface area contributed by atoms with Crippen LogP contribution in [0.4, 0.5) is 5.95 Å². The number of nitrogens with zero attached hydrogens (tertiary/aromatic N) is 3. The number of hydrogen-bond donors (Lipinski definition) is 1. The van der Waals surface area contributed by atoms with Gasteiger partial charge in [-0.2, -0.15) is 15.0 Å². The van der Waals surface area contributed by atoms with E-state index >= 15 is 0 Å². The van der Waals surface area contributed by atoms with Gasteiger partial charge in [0.15, 0.2) is 0 Å². The summed E-state index contributed by atoms with van der Waals surface area (Å²) in [5, 5.41) is 3.34. The number of halogens is 1. The Bertz CT molecular complexity index is 623. The first kappa shape index (κ1) is 12.9. The average Bonchev–Trinajstić information content (AvgIpc) is 2.47. The zero-order valence-corrected chi connectivity index (χ0v) is 11.6. The van der Waals surface area contributed by atoms with Crippen LogP contribution in [0, 0.1) is 0 Å². The molecule has 1 aromatic heterocycles. The lowest BCUT2D eigenvalue weighted by atomic mass is 10.0. The fraction of sp³-hybridized carbons (Fsp3) is 0.308. The van der Waals surface area contributed by atoms with E-state index in [2.05, 4.69) is 20.3 Å². The van der Waals surface area contributed by atoms with Crippen LogP contribution in [0.25, 0.3) is 0 Å². The first-order valence-corrected chi connectivity index (χ1v) is 6.58. The van der Waals surface area contributed by atoms with Crippen LogP contribution in [0.5, 0.6) is 11.8 Å². The number of hydrogen-bond acceptors (Lipinski definition) is 6. The predicted molar refractivity (Wildman–Crippen MR) is 74.3 cm³/mol. The second-order valence-electron chi connectivity index (χ2n) is 4.29. The summed E-state index contributed by atoms with van der Waals surface area (Å²) in [6, 6.07) is 8.15. The summed E-state index contributed by atoms with van der Waals surface area (Å²) in [6.45, 7) is 0.643. The zero-order chi connectivity index (χ0) is 13.9. The molecule has 3 rings (SSSR count). The van der Waals surface area contributed by atoms with Crippen molar-refractivity contribution in [2.75, 3.05) is 19.0 Å². The Hall–Kier alpha value is -2.08. The van der Waals surface area contributed by atoms with E-state index in [1.54, 1.807) is 0 Å². The van der Waals surface area contributed by atoms with E-state index in [9.17, 15) is 0 Å². The molecule has 7 heteroatoms. The molecule has 0 aliphatic carbocycles. The van der Waals surface area contributed by atoms with Crippen molar-refractivity contribution >= 4 is 17.5 Å². The predicted octanol–water partition coefficient (Wildman–Crippen LogP) is 2.47. The highest BCUT2D eigenvalue weighted by Crippen LogP contribution is 2.33. The molecule has 0 saturated heterocycles. The van der Waals surface area contributed by atoms with Crippen molar-refractivity contribution in [1.29, 1.82) is 0 Å². The summed E-state index contributed by atoms with van der Waals surface area (Å²) in [7, 11) is 1.49. The monoisotopic (exact) mass is 292 g/mol. The van der Waals surface area contributed by atoms with Crippen LogP contribution < -0.4 is 14.8 Å². The lowest BCUT2D eigenvalue weighted by Gasteiger charge is -2.26. The molecule has 0 saturated carbocycles. The second-order valence-corrected chi connectivity index (χ2v) is 4.62. The van der Waals surface area contributed by atoms with Crippen molar-refractivity contribution in [3.8, 4) is 11.8 Å². The first-order chi connectivity index (χ1) is 9.76. The Labute approximate surface area is 121 Å². The molecule has 0 radical (unpaired) electrons. The minimum atomic E-state index is 0.0723. The topological polar surface area (TPSA) is 69.2 Å². The molecule has 1 unspecified atom stereocenters. The normalized spacial score (nSPS) is 17.0. The van der Waals surface area contributed by atoms with Crippen molar-refractivity contribution in [2.24, 2.45) is 0 Å². The first-order valence-electron chi connectivity index (χ1n) is 6.20. The molecule has 1 atom stereocenters. The molecule has 2 aromatic rings. The highest BCUT2D eigenvalue weighted by atomic mass is 35.5. The molecule has 0 amide bonds. The summed E-state index contributed by atoms with van der Waals surface area (Å²) < 4.78 is 10.6. The van der Waals surface area contributed by atoms with Crippen LogP contribution >= 0.6 is 11.6 Å². The van der Waals surface area contributed by atoms with Crippen molar-refractivity contribution < 1.29 is 9.47 Å². The summed E-state index contributed by atoms with van der Waals surface area (Å²) in [6.07, 6.45) is 0.822. The lowest BCUT2D eigenvalue weighted by Crippen LogP contribution is -2.21. The van der Waals surface area contributed by atoms with Crippen LogP contribution in [0.3, 0.4) is 0 Å². The minimum absolute atomic E-state index is 0.0723. The molecule has 0 spiro atoms. The zero-order valence-electron chi connectivity index (χ0n) is 10.8. The number of fused-ring (bicyclic) bond motifs is 1. The Morgan fingerprint density at radius 3 is 3.00 bits per heavy atom. The van der Waals surface area contributed by atoms with Crippen LogP contribution in [0.1, 0.15) is 18.0 Å². The number of anilines is 1. The average molecular weight is 293 g/mol. The van der Waals surface area contributed by atoms with Gasteiger partial charge in [0.1, 0.15) is 5.75 Å². The molecule has 0 fully saturated rings. The van der Waals surface area contributed by atoms with Gasteiger partial charge in [-0.25, -0.2) is 0 Å². The molecule has 1 aromatic carbocycles. The van der Waals surface area contributed by atoms with Gasteiger partial charge in [-0.3, -0.25) is 0 Å². The Morgan fingerprint density at radius 1 is 1.30 bits per heavy atom. The number of benzene rings is 1. The van der Waals surface area contributed by atoms with Crippen molar-refractivity contribution in [2.45, 2.75) is 12.5 Å². The van der Waals surface area contributed by atoms with E-state index in [-0.39, 0.29) is 17.3 Å². The third-order valence-corrected chi connectivity index (χ3v) is 3.20. The maximum absolute atomic E-state index is 5.84. The Kier molecular flexibility index (Phi) is 3.56. The Morgan fingerprint density at radius 2 is 2.15 bits per heavy atom. The summed E-state index contributed by atoms with van der Waals surface area (Å²) in [5.41, 5.74) is 1.08. The van der Waals surface area contributed by atoms with E-state index in [1.807, 2.05) is 24.3 Å². The van der Waals surface area contributed by atoms with E-state index in [0.29, 0.717) is 12.6 Å². The van der Waals surface area contributed by atoms with Gasteiger partial charge in [-0.15, -0.1) is 0 Å². The molecular weight excluding hydrogens is 280 g/mol. The number of nitrogens with one attached hydrogen (secondary N) is 1. The number of methoxy groups -OCH3 is 1. The number of para-hydroxylation sites is 1. The standard InChI is InChI=1S/C13H13ClN4O2/c1-19-13-17-11(14)16-12(18-13)15-9-6-7-20-10-5-3-2-4-8(9)10/h2-5,9H,6-7H2,1H3,(H,15,16,17,18). The fourth-order valence-electron chi connectivity index (χ4n) is 2.14. The molecular formula is C13H13ClN4O2. The third kappa shape index (κ3) is 2.60. The van der Waals surface area contributed by atoms with Crippen molar-refractivity contribution in [1.82, 2.24) is 15.0 Å².